The number of anilines is 1. The summed E-state index contributed by atoms with van der Waals surface area (Å²) in [6.45, 7) is 1.28. The molecule has 0 saturated carbocycles. The number of carbonyl (C=O) groups excluding carboxylic acids is 1. The van der Waals surface area contributed by atoms with Gasteiger partial charge < -0.3 is 25.2 Å². The highest BCUT2D eigenvalue weighted by atomic mass is 16.5. The Bertz CT molecular complexity index is 718. The Balaban J connectivity index is 1.47. The first-order chi connectivity index (χ1) is 12.1. The van der Waals surface area contributed by atoms with Gasteiger partial charge in [0.05, 0.1) is 6.61 Å². The van der Waals surface area contributed by atoms with Crippen LogP contribution in [0.3, 0.4) is 0 Å². The van der Waals surface area contributed by atoms with Gasteiger partial charge in [-0.3, -0.25) is 4.79 Å². The third-order valence-electron chi connectivity index (χ3n) is 4.23. The summed E-state index contributed by atoms with van der Waals surface area (Å²) in [5.74, 6) is 0.780. The summed E-state index contributed by atoms with van der Waals surface area (Å²) < 4.78 is 5.52. The average molecular weight is 342 g/mol. The number of phenolic OH excluding ortho intramolecular Hbond substituents is 1. The summed E-state index contributed by atoms with van der Waals surface area (Å²) in [4.78, 5) is 14.1. The molecule has 3 rings (SSSR count). The lowest BCUT2D eigenvalue weighted by Gasteiger charge is -2.18. The van der Waals surface area contributed by atoms with Crippen LogP contribution in [-0.4, -0.2) is 46.8 Å². The molecule has 3 N–H and O–H groups in total. The van der Waals surface area contributed by atoms with Crippen molar-refractivity contribution in [3.8, 4) is 11.5 Å². The molecule has 0 spiro atoms. The van der Waals surface area contributed by atoms with Crippen molar-refractivity contribution in [3.63, 3.8) is 0 Å². The van der Waals surface area contributed by atoms with E-state index >= 15 is 0 Å². The maximum atomic E-state index is 12.3. The predicted octanol–water partition coefficient (Wildman–Crippen LogP) is 1.98. The molecule has 1 unspecified atom stereocenters. The van der Waals surface area contributed by atoms with Crippen LogP contribution in [0, 0.1) is 0 Å². The van der Waals surface area contributed by atoms with Gasteiger partial charge in [-0.25, -0.2) is 0 Å². The first kappa shape index (κ1) is 17.1. The van der Waals surface area contributed by atoms with Crippen LogP contribution >= 0.6 is 0 Å². The molecule has 0 bridgehead atoms. The fraction of sp³-hybridized carbons (Fsp3) is 0.316. The van der Waals surface area contributed by atoms with Gasteiger partial charge in [0.1, 0.15) is 11.5 Å². The van der Waals surface area contributed by atoms with Gasteiger partial charge >= 0.3 is 0 Å². The predicted molar refractivity (Wildman–Crippen MR) is 94.6 cm³/mol. The number of nitrogens with one attached hydrogen (secondary N) is 1. The normalized spacial score (nSPS) is 16.7. The Kier molecular flexibility index (Phi) is 5.40. The van der Waals surface area contributed by atoms with Gasteiger partial charge in [0.25, 0.3) is 5.91 Å². The first-order valence-electron chi connectivity index (χ1n) is 8.30. The third kappa shape index (κ3) is 4.64. The van der Waals surface area contributed by atoms with Crippen molar-refractivity contribution >= 4 is 11.6 Å². The zero-order valence-electron chi connectivity index (χ0n) is 13.9. The number of aliphatic hydroxyl groups is 1. The van der Waals surface area contributed by atoms with Crippen molar-refractivity contribution in [2.75, 3.05) is 25.0 Å². The molecule has 0 aromatic heterocycles. The van der Waals surface area contributed by atoms with Crippen LogP contribution in [-0.2, 0) is 11.4 Å². The molecule has 1 fully saturated rings. The van der Waals surface area contributed by atoms with E-state index in [0.717, 1.165) is 17.7 Å². The highest BCUT2D eigenvalue weighted by Crippen LogP contribution is 2.20. The Hall–Kier alpha value is -2.73. The molecule has 0 aliphatic carbocycles. The SMILES string of the molecule is O=C(COc1ccc(CO)cc1)N1CCC(Nc2cccc(O)c2)C1. The summed E-state index contributed by atoms with van der Waals surface area (Å²) in [6.07, 6.45) is 0.854. The van der Waals surface area contributed by atoms with E-state index in [4.69, 9.17) is 9.84 Å². The zero-order chi connectivity index (χ0) is 17.6. The summed E-state index contributed by atoms with van der Waals surface area (Å²) in [6, 6.07) is 14.2. The second-order valence-electron chi connectivity index (χ2n) is 6.11. The van der Waals surface area contributed by atoms with E-state index in [1.165, 1.54) is 0 Å². The number of nitrogens with zero attached hydrogens (tertiary/aromatic N) is 1. The van der Waals surface area contributed by atoms with Crippen LogP contribution in [0.25, 0.3) is 0 Å². The monoisotopic (exact) mass is 342 g/mol. The molecule has 6 heteroatoms. The second kappa shape index (κ2) is 7.90. The molecule has 6 nitrogen and oxygen atoms in total. The Morgan fingerprint density at radius 2 is 2.04 bits per heavy atom. The maximum Gasteiger partial charge on any atom is 0.260 e. The molecule has 0 radical (unpaired) electrons. The number of amides is 1. The molecule has 1 heterocycles. The number of phenols is 1. The molecule has 2 aromatic rings. The molecule has 1 aliphatic rings. The van der Waals surface area contributed by atoms with E-state index in [0.29, 0.717) is 18.8 Å². The number of rotatable bonds is 6. The van der Waals surface area contributed by atoms with Gasteiger partial charge in [-0.05, 0) is 36.2 Å². The fourth-order valence-electron chi connectivity index (χ4n) is 2.86. The van der Waals surface area contributed by atoms with E-state index < -0.39 is 0 Å². The van der Waals surface area contributed by atoms with Crippen LogP contribution in [0.2, 0.25) is 0 Å². The van der Waals surface area contributed by atoms with E-state index in [2.05, 4.69) is 5.32 Å². The second-order valence-corrected chi connectivity index (χ2v) is 6.11. The fourth-order valence-corrected chi connectivity index (χ4v) is 2.86. The molecule has 132 valence electrons. The van der Waals surface area contributed by atoms with Crippen molar-refractivity contribution in [2.24, 2.45) is 0 Å². The molecule has 1 aliphatic heterocycles. The van der Waals surface area contributed by atoms with Crippen LogP contribution in [0.5, 0.6) is 11.5 Å². The maximum absolute atomic E-state index is 12.3. The number of aliphatic hydroxyl groups excluding tert-OH is 1. The minimum Gasteiger partial charge on any atom is -0.508 e. The molecule has 1 atom stereocenters. The zero-order valence-corrected chi connectivity index (χ0v) is 13.9. The largest absolute Gasteiger partial charge is 0.508 e. The van der Waals surface area contributed by atoms with Gasteiger partial charge in [-0.15, -0.1) is 0 Å². The Morgan fingerprint density at radius 1 is 1.24 bits per heavy atom. The minimum atomic E-state index is -0.0496. The lowest BCUT2D eigenvalue weighted by atomic mass is 10.2. The van der Waals surface area contributed by atoms with Gasteiger partial charge in [0.2, 0.25) is 0 Å². The molecule has 2 aromatic carbocycles. The topological polar surface area (TPSA) is 82.0 Å². The van der Waals surface area contributed by atoms with E-state index in [1.54, 1.807) is 47.4 Å². The lowest BCUT2D eigenvalue weighted by molar-refractivity contribution is -0.132. The summed E-state index contributed by atoms with van der Waals surface area (Å²) in [5, 5.41) is 21.9. The van der Waals surface area contributed by atoms with Gasteiger partial charge in [-0.1, -0.05) is 18.2 Å². The standard InChI is InChI=1S/C19H22N2O4/c22-12-14-4-6-18(7-5-14)25-13-19(24)21-9-8-16(11-21)20-15-2-1-3-17(23)10-15/h1-7,10,16,20,22-23H,8-9,11-13H2. The van der Waals surface area contributed by atoms with Crippen molar-refractivity contribution in [2.45, 2.75) is 19.1 Å². The number of carbonyl (C=O) groups is 1. The van der Waals surface area contributed by atoms with Crippen LogP contribution in [0.1, 0.15) is 12.0 Å². The number of hydrogen-bond acceptors (Lipinski definition) is 5. The highest BCUT2D eigenvalue weighted by molar-refractivity contribution is 5.78. The summed E-state index contributed by atoms with van der Waals surface area (Å²) in [7, 11) is 0. The van der Waals surface area contributed by atoms with E-state index in [9.17, 15) is 9.90 Å². The number of ether oxygens (including phenoxy) is 1. The molecule has 1 amide bonds. The smallest absolute Gasteiger partial charge is 0.260 e. The molecule has 25 heavy (non-hydrogen) atoms. The van der Waals surface area contributed by atoms with E-state index in [1.807, 2.05) is 6.07 Å². The number of likely N-dealkylation sites (tertiary alicyclic amines) is 1. The minimum absolute atomic E-state index is 0.00266. The summed E-state index contributed by atoms with van der Waals surface area (Å²) in [5.41, 5.74) is 1.65. The Morgan fingerprint density at radius 3 is 2.76 bits per heavy atom. The van der Waals surface area contributed by atoms with Gasteiger partial charge in [0, 0.05) is 30.9 Å². The lowest BCUT2D eigenvalue weighted by Crippen LogP contribution is -2.34. The Labute approximate surface area is 146 Å². The number of aromatic hydroxyl groups is 1. The number of hydrogen-bond donors (Lipinski definition) is 3. The molecule has 1 saturated heterocycles. The quantitative estimate of drug-likeness (QED) is 0.748. The van der Waals surface area contributed by atoms with E-state index in [-0.39, 0.29) is 30.9 Å². The van der Waals surface area contributed by atoms with Crippen LogP contribution in [0.4, 0.5) is 5.69 Å². The van der Waals surface area contributed by atoms with Crippen molar-refractivity contribution < 1.29 is 19.7 Å². The highest BCUT2D eigenvalue weighted by Gasteiger charge is 2.26. The molecular formula is C19H22N2O4. The van der Waals surface area contributed by atoms with Gasteiger partial charge in [0.15, 0.2) is 6.61 Å². The van der Waals surface area contributed by atoms with Crippen LogP contribution in [0.15, 0.2) is 48.5 Å². The summed E-state index contributed by atoms with van der Waals surface area (Å²) >= 11 is 0. The first-order valence-corrected chi connectivity index (χ1v) is 8.30. The molecular weight excluding hydrogens is 320 g/mol. The van der Waals surface area contributed by atoms with Crippen molar-refractivity contribution in [1.29, 1.82) is 0 Å². The average Bonchev–Trinajstić information content (AvgIpc) is 3.08. The van der Waals surface area contributed by atoms with Crippen molar-refractivity contribution in [3.05, 3.63) is 54.1 Å². The third-order valence-corrected chi connectivity index (χ3v) is 4.23. The number of benzene rings is 2. The van der Waals surface area contributed by atoms with Crippen molar-refractivity contribution in [1.82, 2.24) is 4.90 Å². The van der Waals surface area contributed by atoms with Crippen LogP contribution < -0.4 is 10.1 Å². The van der Waals surface area contributed by atoms with Gasteiger partial charge in [-0.2, -0.15) is 0 Å².